The van der Waals surface area contributed by atoms with Crippen LogP contribution in [0, 0.1) is 0 Å². The molecule has 0 spiro atoms. The predicted octanol–water partition coefficient (Wildman–Crippen LogP) is 3.51. The number of aromatic nitrogens is 2. The molecule has 0 aliphatic carbocycles. The third-order valence-corrected chi connectivity index (χ3v) is 3.67. The summed E-state index contributed by atoms with van der Waals surface area (Å²) in [5, 5.41) is 10.4. The molecule has 5 nitrogen and oxygen atoms in total. The SMILES string of the molecule is CCCC(=O)Nc1nnc(Cc2ccc(SCC)cc2)o1. The van der Waals surface area contributed by atoms with Crippen molar-refractivity contribution in [3.05, 3.63) is 35.7 Å². The van der Waals surface area contributed by atoms with E-state index in [-0.39, 0.29) is 11.9 Å². The minimum atomic E-state index is -0.103. The van der Waals surface area contributed by atoms with Gasteiger partial charge in [-0.2, -0.15) is 0 Å². The Morgan fingerprint density at radius 3 is 2.67 bits per heavy atom. The Morgan fingerprint density at radius 2 is 2.00 bits per heavy atom. The van der Waals surface area contributed by atoms with Crippen molar-refractivity contribution in [3.63, 3.8) is 0 Å². The lowest BCUT2D eigenvalue weighted by atomic mass is 10.1. The normalized spacial score (nSPS) is 10.6. The largest absolute Gasteiger partial charge is 0.407 e. The minimum Gasteiger partial charge on any atom is -0.407 e. The van der Waals surface area contributed by atoms with E-state index in [1.54, 1.807) is 11.8 Å². The molecule has 1 aromatic heterocycles. The number of thioether (sulfide) groups is 1. The highest BCUT2D eigenvalue weighted by atomic mass is 32.2. The van der Waals surface area contributed by atoms with Crippen LogP contribution in [0.1, 0.15) is 38.1 Å². The van der Waals surface area contributed by atoms with Crippen LogP contribution in [-0.4, -0.2) is 21.9 Å². The Morgan fingerprint density at radius 1 is 1.24 bits per heavy atom. The molecule has 0 bridgehead atoms. The van der Waals surface area contributed by atoms with Crippen LogP contribution in [0.3, 0.4) is 0 Å². The van der Waals surface area contributed by atoms with Crippen molar-refractivity contribution in [2.45, 2.75) is 38.0 Å². The van der Waals surface area contributed by atoms with Gasteiger partial charge in [0.15, 0.2) is 0 Å². The van der Waals surface area contributed by atoms with Gasteiger partial charge in [-0.1, -0.05) is 31.1 Å². The van der Waals surface area contributed by atoms with Gasteiger partial charge < -0.3 is 4.42 Å². The van der Waals surface area contributed by atoms with Crippen LogP contribution in [0.4, 0.5) is 6.01 Å². The fraction of sp³-hybridized carbons (Fsp3) is 0.400. The van der Waals surface area contributed by atoms with Crippen LogP contribution in [0.5, 0.6) is 0 Å². The Bertz CT molecular complexity index is 581. The van der Waals surface area contributed by atoms with Crippen molar-refractivity contribution < 1.29 is 9.21 Å². The Hall–Kier alpha value is -1.82. The number of hydrogen-bond donors (Lipinski definition) is 1. The number of nitrogens with one attached hydrogen (secondary N) is 1. The highest BCUT2D eigenvalue weighted by molar-refractivity contribution is 7.99. The lowest BCUT2D eigenvalue weighted by Crippen LogP contribution is -2.10. The fourth-order valence-corrected chi connectivity index (χ4v) is 2.49. The summed E-state index contributed by atoms with van der Waals surface area (Å²) >= 11 is 1.81. The van der Waals surface area contributed by atoms with Crippen molar-refractivity contribution in [2.24, 2.45) is 0 Å². The van der Waals surface area contributed by atoms with Crippen LogP contribution in [0.2, 0.25) is 0 Å². The van der Waals surface area contributed by atoms with Crippen molar-refractivity contribution in [1.82, 2.24) is 10.2 Å². The van der Waals surface area contributed by atoms with Crippen LogP contribution >= 0.6 is 11.8 Å². The standard InChI is InChI=1S/C15H19N3O2S/c1-3-5-13(19)16-15-18-17-14(20-15)10-11-6-8-12(9-7-11)21-4-2/h6-9H,3-5,10H2,1-2H3,(H,16,18,19). The topological polar surface area (TPSA) is 68.0 Å². The fourth-order valence-electron chi connectivity index (χ4n) is 1.83. The second-order valence-electron chi connectivity index (χ2n) is 4.55. The average Bonchev–Trinajstić information content (AvgIpc) is 2.89. The third kappa shape index (κ3) is 4.90. The molecule has 1 N–H and O–H groups in total. The monoisotopic (exact) mass is 305 g/mol. The second kappa shape index (κ2) is 7.83. The maximum absolute atomic E-state index is 11.4. The highest BCUT2D eigenvalue weighted by Crippen LogP contribution is 2.19. The maximum Gasteiger partial charge on any atom is 0.322 e. The summed E-state index contributed by atoms with van der Waals surface area (Å²) in [5.74, 6) is 1.45. The van der Waals surface area contributed by atoms with E-state index in [0.717, 1.165) is 17.7 Å². The van der Waals surface area contributed by atoms with Crippen molar-refractivity contribution in [3.8, 4) is 0 Å². The first-order valence-electron chi connectivity index (χ1n) is 7.05. The van der Waals surface area contributed by atoms with Gasteiger partial charge in [0, 0.05) is 11.3 Å². The quantitative estimate of drug-likeness (QED) is 0.793. The molecule has 0 aliphatic rings. The Kier molecular flexibility index (Phi) is 5.80. The van der Waals surface area contributed by atoms with E-state index in [1.165, 1.54) is 4.90 Å². The van der Waals surface area contributed by atoms with Gasteiger partial charge in [0.1, 0.15) is 0 Å². The zero-order valence-corrected chi connectivity index (χ0v) is 13.1. The van der Waals surface area contributed by atoms with E-state index in [9.17, 15) is 4.79 Å². The molecule has 0 radical (unpaired) electrons. The van der Waals surface area contributed by atoms with Crippen LogP contribution in [0.15, 0.2) is 33.6 Å². The van der Waals surface area contributed by atoms with Gasteiger partial charge in [-0.15, -0.1) is 16.9 Å². The molecule has 6 heteroatoms. The molecule has 21 heavy (non-hydrogen) atoms. The second-order valence-corrected chi connectivity index (χ2v) is 5.89. The summed E-state index contributed by atoms with van der Waals surface area (Å²) in [7, 11) is 0. The number of amides is 1. The number of rotatable bonds is 7. The third-order valence-electron chi connectivity index (χ3n) is 2.78. The lowest BCUT2D eigenvalue weighted by Gasteiger charge is -2.00. The first kappa shape index (κ1) is 15.6. The first-order valence-corrected chi connectivity index (χ1v) is 8.03. The number of benzene rings is 1. The van der Waals surface area contributed by atoms with Gasteiger partial charge in [-0.3, -0.25) is 10.1 Å². The highest BCUT2D eigenvalue weighted by Gasteiger charge is 2.09. The molecular weight excluding hydrogens is 286 g/mol. The zero-order chi connectivity index (χ0) is 15.1. The van der Waals surface area contributed by atoms with E-state index in [1.807, 2.05) is 6.92 Å². The summed E-state index contributed by atoms with van der Waals surface area (Å²) in [6, 6.07) is 8.45. The molecule has 0 unspecified atom stereocenters. The van der Waals surface area contributed by atoms with E-state index in [2.05, 4.69) is 46.7 Å². The van der Waals surface area contributed by atoms with Gasteiger partial charge in [-0.05, 0) is 29.9 Å². The van der Waals surface area contributed by atoms with E-state index in [4.69, 9.17) is 4.42 Å². The van der Waals surface area contributed by atoms with Crippen molar-refractivity contribution in [2.75, 3.05) is 11.1 Å². The summed E-state index contributed by atoms with van der Waals surface area (Å²) in [4.78, 5) is 12.7. The molecule has 0 atom stereocenters. The first-order chi connectivity index (χ1) is 10.2. The molecule has 2 aromatic rings. The Balaban J connectivity index is 1.94. The summed E-state index contributed by atoms with van der Waals surface area (Å²) in [5.41, 5.74) is 1.10. The van der Waals surface area contributed by atoms with Gasteiger partial charge >= 0.3 is 6.01 Å². The molecule has 0 aliphatic heterocycles. The summed E-state index contributed by atoms with van der Waals surface area (Å²) < 4.78 is 5.42. The van der Waals surface area contributed by atoms with Crippen molar-refractivity contribution in [1.29, 1.82) is 0 Å². The van der Waals surface area contributed by atoms with Gasteiger partial charge in [0.05, 0.1) is 6.42 Å². The lowest BCUT2D eigenvalue weighted by molar-refractivity contribution is -0.116. The number of nitrogens with zero attached hydrogens (tertiary/aromatic N) is 2. The number of carbonyl (C=O) groups is 1. The molecule has 0 fully saturated rings. The molecule has 0 saturated carbocycles. The van der Waals surface area contributed by atoms with E-state index >= 15 is 0 Å². The zero-order valence-electron chi connectivity index (χ0n) is 12.3. The van der Waals surface area contributed by atoms with Crippen LogP contribution in [0.25, 0.3) is 0 Å². The molecule has 1 aromatic carbocycles. The van der Waals surface area contributed by atoms with Gasteiger partial charge in [-0.25, -0.2) is 0 Å². The average molecular weight is 305 g/mol. The number of carbonyl (C=O) groups excluding carboxylic acids is 1. The maximum atomic E-state index is 11.4. The van der Waals surface area contributed by atoms with Gasteiger partial charge in [0.2, 0.25) is 11.8 Å². The summed E-state index contributed by atoms with van der Waals surface area (Å²) in [6.45, 7) is 4.07. The smallest absolute Gasteiger partial charge is 0.322 e. The Labute approximate surface area is 128 Å². The van der Waals surface area contributed by atoms with Gasteiger partial charge in [0.25, 0.3) is 0 Å². The predicted molar refractivity (Wildman–Crippen MR) is 83.5 cm³/mol. The molecular formula is C15H19N3O2S. The molecule has 1 heterocycles. The molecule has 1 amide bonds. The number of hydrogen-bond acceptors (Lipinski definition) is 5. The number of anilines is 1. The molecule has 0 saturated heterocycles. The van der Waals surface area contributed by atoms with Crippen LogP contribution in [-0.2, 0) is 11.2 Å². The van der Waals surface area contributed by atoms with E-state index < -0.39 is 0 Å². The molecule has 2 rings (SSSR count). The molecule has 112 valence electrons. The van der Waals surface area contributed by atoms with E-state index in [0.29, 0.717) is 18.7 Å². The van der Waals surface area contributed by atoms with Crippen LogP contribution < -0.4 is 5.32 Å². The minimum absolute atomic E-state index is 0.103. The van der Waals surface area contributed by atoms with Crippen molar-refractivity contribution >= 4 is 23.7 Å². The summed E-state index contributed by atoms with van der Waals surface area (Å²) in [6.07, 6.45) is 1.80.